The Morgan fingerprint density at radius 2 is 1.41 bits per heavy atom. The zero-order valence-electron chi connectivity index (χ0n) is 28.3. The van der Waals surface area contributed by atoms with Crippen molar-refractivity contribution in [2.45, 2.75) is 75.3 Å². The van der Waals surface area contributed by atoms with Gasteiger partial charge in [-0.05, 0) is 36.1 Å². The Morgan fingerprint density at radius 1 is 0.765 bits per heavy atom. The molecule has 1 aliphatic heterocycles. The van der Waals surface area contributed by atoms with Gasteiger partial charge in [-0.1, -0.05) is 122 Å². The van der Waals surface area contributed by atoms with Crippen LogP contribution in [0.2, 0.25) is 0 Å². The Morgan fingerprint density at radius 3 is 2.08 bits per heavy atom. The predicted molar refractivity (Wildman–Crippen MR) is 197 cm³/mol. The number of hydrogen-bond acceptors (Lipinski definition) is 8. The van der Waals surface area contributed by atoms with Crippen LogP contribution in [0.3, 0.4) is 0 Å². The molecule has 2 heterocycles. The van der Waals surface area contributed by atoms with Gasteiger partial charge in [-0.15, -0.1) is 0 Å². The summed E-state index contributed by atoms with van der Waals surface area (Å²) < 4.78 is 19.4. The molecule has 4 aromatic carbocycles. The highest BCUT2D eigenvalue weighted by atomic mass is 32.2. The number of amides is 1. The van der Waals surface area contributed by atoms with Gasteiger partial charge in [0.25, 0.3) is 5.22 Å². The van der Waals surface area contributed by atoms with Crippen LogP contribution in [0.1, 0.15) is 74.0 Å². The average molecular weight is 707 g/mol. The van der Waals surface area contributed by atoms with E-state index in [4.69, 9.17) is 24.0 Å². The van der Waals surface area contributed by atoms with E-state index in [9.17, 15) is 14.7 Å². The first-order chi connectivity index (χ1) is 24.9. The van der Waals surface area contributed by atoms with Crippen molar-refractivity contribution in [1.29, 1.82) is 0 Å². The molecule has 0 spiro atoms. The van der Waals surface area contributed by atoms with Gasteiger partial charge in [0.05, 0.1) is 18.8 Å². The molecule has 10 heteroatoms. The topological polar surface area (TPSA) is 131 Å². The Bertz CT molecular complexity index is 1790. The number of ether oxygens (including phenoxy) is 2. The molecule has 0 bridgehead atoms. The second-order valence-electron chi connectivity index (χ2n) is 12.5. The summed E-state index contributed by atoms with van der Waals surface area (Å²) in [6.07, 6.45) is 3.01. The summed E-state index contributed by atoms with van der Waals surface area (Å²) >= 11 is 1.51. The monoisotopic (exact) mass is 706 g/mol. The molecule has 264 valence electrons. The van der Waals surface area contributed by atoms with Crippen molar-refractivity contribution in [2.75, 3.05) is 11.1 Å². The van der Waals surface area contributed by atoms with Crippen LogP contribution in [-0.2, 0) is 25.7 Å². The summed E-state index contributed by atoms with van der Waals surface area (Å²) in [5, 5.41) is 21.8. The van der Waals surface area contributed by atoms with E-state index < -0.39 is 12.3 Å². The van der Waals surface area contributed by atoms with E-state index in [-0.39, 0.29) is 31.1 Å². The highest BCUT2D eigenvalue weighted by molar-refractivity contribution is 7.99. The quantitative estimate of drug-likeness (QED) is 0.0679. The molecule has 3 atom stereocenters. The fourth-order valence-electron chi connectivity index (χ4n) is 5.99. The number of rotatable bonds is 16. The molecule has 1 saturated heterocycles. The third kappa shape index (κ3) is 10.2. The van der Waals surface area contributed by atoms with Crippen LogP contribution in [0.4, 0.5) is 5.69 Å². The van der Waals surface area contributed by atoms with Crippen LogP contribution in [0.25, 0.3) is 22.6 Å². The van der Waals surface area contributed by atoms with E-state index in [1.54, 1.807) is 0 Å². The molecule has 1 aromatic heterocycles. The summed E-state index contributed by atoms with van der Waals surface area (Å²) in [6, 6.07) is 35.3. The number of nitrogens with zero attached hydrogens (tertiary/aromatic N) is 1. The number of carboxylic acids is 1. The molecular weight excluding hydrogens is 665 g/mol. The van der Waals surface area contributed by atoms with Gasteiger partial charge in [0.15, 0.2) is 12.1 Å². The van der Waals surface area contributed by atoms with Crippen molar-refractivity contribution in [1.82, 2.24) is 4.98 Å². The second kappa shape index (κ2) is 18.0. The van der Waals surface area contributed by atoms with Crippen LogP contribution in [0, 0.1) is 0 Å². The number of hydrogen-bond donors (Lipinski definition) is 3. The minimum atomic E-state index is -0.789. The maximum absolute atomic E-state index is 12.5. The number of aliphatic carboxylic acids is 1. The maximum Gasteiger partial charge on any atom is 0.303 e. The molecule has 0 aliphatic carbocycles. The normalized spacial score (nSPS) is 17.2. The molecule has 1 fully saturated rings. The number of unbranched alkanes of at least 4 members (excludes halogenated alkanes) is 3. The molecule has 0 radical (unpaired) electrons. The molecule has 1 aliphatic rings. The zero-order chi connectivity index (χ0) is 35.4. The number of oxazole rings is 1. The first kappa shape index (κ1) is 36.1. The number of benzene rings is 4. The Kier molecular flexibility index (Phi) is 12.7. The number of aromatic nitrogens is 1. The fraction of sp³-hybridized carbons (Fsp3) is 0.293. The number of carbonyl (C=O) groups excluding carboxylic acids is 1. The van der Waals surface area contributed by atoms with Gasteiger partial charge in [0.2, 0.25) is 5.91 Å². The lowest BCUT2D eigenvalue weighted by molar-refractivity contribution is -0.245. The Labute approximate surface area is 302 Å². The summed E-state index contributed by atoms with van der Waals surface area (Å²) in [5.41, 5.74) is 6.06. The predicted octanol–water partition coefficient (Wildman–Crippen LogP) is 9.20. The van der Waals surface area contributed by atoms with Crippen LogP contribution >= 0.6 is 11.8 Å². The van der Waals surface area contributed by atoms with Crippen LogP contribution in [0.15, 0.2) is 119 Å². The molecule has 51 heavy (non-hydrogen) atoms. The van der Waals surface area contributed by atoms with Crippen LogP contribution in [0.5, 0.6) is 0 Å². The summed E-state index contributed by atoms with van der Waals surface area (Å²) in [5.74, 6) is 0.438. The van der Waals surface area contributed by atoms with Gasteiger partial charge in [0, 0.05) is 47.4 Å². The molecular formula is C41H42N2O7S. The first-order valence-electron chi connectivity index (χ1n) is 17.3. The number of carbonyl (C=O) groups is 2. The molecule has 6 rings (SSSR count). The largest absolute Gasteiger partial charge is 0.481 e. The molecule has 0 saturated carbocycles. The van der Waals surface area contributed by atoms with Gasteiger partial charge in [-0.3, -0.25) is 9.59 Å². The van der Waals surface area contributed by atoms with Crippen LogP contribution < -0.4 is 5.32 Å². The number of aliphatic hydroxyl groups is 1. The number of carboxylic acid groups (broad SMARTS) is 1. The number of thioether (sulfide) groups is 1. The lowest BCUT2D eigenvalue weighted by atomic mass is 10.0. The standard InChI is InChI=1S/C41H42N2O7S/c44-26-28-17-19-29(20-18-28)35-25-34(27-51-41-43-38(30-11-5-3-6-12-30)39(50-41)31-13-7-4-8-14-31)48-40(49-35)32-21-23-33(24-22-32)42-36(45)15-9-1-2-10-16-37(46)47/h3-8,11-14,17-24,34-35,40,44H,1-2,9-10,15-16,25-27H2,(H,42,45)(H,46,47)/t34-,35+,40+/m0/s1. The first-order valence-corrected chi connectivity index (χ1v) is 18.3. The molecule has 0 unspecified atom stereocenters. The van der Waals surface area contributed by atoms with Crippen molar-refractivity contribution in [2.24, 2.45) is 0 Å². The SMILES string of the molecule is O=C(O)CCCCCCC(=O)Nc1ccc([C@@H]2O[C@H](CSc3nc(-c4ccccc4)c(-c4ccccc4)o3)C[C@H](c3ccc(CO)cc3)O2)cc1. The maximum atomic E-state index is 12.5. The smallest absolute Gasteiger partial charge is 0.303 e. The lowest BCUT2D eigenvalue weighted by Gasteiger charge is -2.36. The molecule has 9 nitrogen and oxygen atoms in total. The third-order valence-corrected chi connectivity index (χ3v) is 9.67. The van der Waals surface area contributed by atoms with Gasteiger partial charge in [-0.2, -0.15) is 0 Å². The fourth-order valence-corrected chi connectivity index (χ4v) is 6.83. The molecule has 3 N–H and O–H groups in total. The van der Waals surface area contributed by atoms with Crippen molar-refractivity contribution in [3.63, 3.8) is 0 Å². The zero-order valence-corrected chi connectivity index (χ0v) is 29.1. The van der Waals surface area contributed by atoms with Crippen molar-refractivity contribution >= 4 is 29.3 Å². The highest BCUT2D eigenvalue weighted by Crippen LogP contribution is 2.41. The lowest BCUT2D eigenvalue weighted by Crippen LogP contribution is -2.31. The van der Waals surface area contributed by atoms with E-state index >= 15 is 0 Å². The van der Waals surface area contributed by atoms with Gasteiger partial charge in [0.1, 0.15) is 5.69 Å². The van der Waals surface area contributed by atoms with Crippen molar-refractivity contribution in [3.05, 3.63) is 126 Å². The molecule has 1 amide bonds. The van der Waals surface area contributed by atoms with E-state index in [2.05, 4.69) is 5.32 Å². The van der Waals surface area contributed by atoms with E-state index in [1.165, 1.54) is 11.8 Å². The Balaban J connectivity index is 1.13. The third-order valence-electron chi connectivity index (χ3n) is 8.71. The summed E-state index contributed by atoms with van der Waals surface area (Å²) in [7, 11) is 0. The summed E-state index contributed by atoms with van der Waals surface area (Å²) in [4.78, 5) is 28.1. The van der Waals surface area contributed by atoms with Gasteiger partial charge >= 0.3 is 5.97 Å². The second-order valence-corrected chi connectivity index (χ2v) is 13.5. The number of nitrogens with one attached hydrogen (secondary N) is 1. The van der Waals surface area contributed by atoms with E-state index in [0.29, 0.717) is 42.3 Å². The van der Waals surface area contributed by atoms with Crippen LogP contribution in [-0.4, -0.2) is 38.9 Å². The van der Waals surface area contributed by atoms with Gasteiger partial charge < -0.3 is 29.4 Å². The minimum Gasteiger partial charge on any atom is -0.481 e. The van der Waals surface area contributed by atoms with Crippen molar-refractivity contribution in [3.8, 4) is 22.6 Å². The van der Waals surface area contributed by atoms with E-state index in [1.807, 2.05) is 109 Å². The Hall–Kier alpha value is -4.74. The number of aliphatic hydroxyl groups excluding tert-OH is 1. The minimum absolute atomic E-state index is 0.0292. The van der Waals surface area contributed by atoms with Gasteiger partial charge in [-0.25, -0.2) is 4.98 Å². The summed E-state index contributed by atoms with van der Waals surface area (Å²) in [6.45, 7) is -0.0292. The van der Waals surface area contributed by atoms with Crippen molar-refractivity contribution < 1.29 is 33.7 Å². The number of anilines is 1. The average Bonchev–Trinajstić information content (AvgIpc) is 3.61. The highest BCUT2D eigenvalue weighted by Gasteiger charge is 2.33. The molecule has 5 aromatic rings. The van der Waals surface area contributed by atoms with E-state index in [0.717, 1.165) is 52.1 Å².